The molecule has 1 aromatic rings. The molecule has 0 spiro atoms. The van der Waals surface area contributed by atoms with Gasteiger partial charge in [0.2, 0.25) is 5.91 Å². The summed E-state index contributed by atoms with van der Waals surface area (Å²) < 4.78 is 5.47. The Balaban J connectivity index is 1.78. The Kier molecular flexibility index (Phi) is 6.27. The summed E-state index contributed by atoms with van der Waals surface area (Å²) in [6.07, 6.45) is 0.788. The fourth-order valence-corrected chi connectivity index (χ4v) is 2.81. The van der Waals surface area contributed by atoms with Crippen molar-refractivity contribution in [3.8, 4) is 0 Å². The third-order valence-electron chi connectivity index (χ3n) is 3.08. The van der Waals surface area contributed by atoms with E-state index in [-0.39, 0.29) is 11.8 Å². The topological polar surface area (TPSA) is 67.4 Å². The number of fused-ring (bicyclic) bond motifs is 1. The molecule has 0 atom stereocenters. The third kappa shape index (κ3) is 5.03. The molecule has 1 aliphatic heterocycles. The Morgan fingerprint density at radius 2 is 2.27 bits per heavy atom. The smallest absolute Gasteiger partial charge is 0.251 e. The lowest BCUT2D eigenvalue weighted by Gasteiger charge is -2.17. The summed E-state index contributed by atoms with van der Waals surface area (Å²) in [4.78, 5) is 24.5. The zero-order valence-corrected chi connectivity index (χ0v) is 13.8. The minimum absolute atomic E-state index is 0.0302. The highest BCUT2D eigenvalue weighted by Gasteiger charge is 2.17. The van der Waals surface area contributed by atoms with Crippen molar-refractivity contribution in [2.75, 3.05) is 30.8 Å². The molecule has 0 aromatic heterocycles. The van der Waals surface area contributed by atoms with Gasteiger partial charge in [0, 0.05) is 30.2 Å². The molecule has 2 rings (SSSR count). The van der Waals surface area contributed by atoms with Crippen LogP contribution in [-0.4, -0.2) is 37.3 Å². The van der Waals surface area contributed by atoms with Crippen molar-refractivity contribution in [1.82, 2.24) is 5.32 Å². The van der Waals surface area contributed by atoms with Crippen LogP contribution in [0.4, 0.5) is 5.69 Å². The van der Waals surface area contributed by atoms with Crippen LogP contribution in [0, 0.1) is 5.92 Å². The second-order valence-electron chi connectivity index (χ2n) is 5.63. The van der Waals surface area contributed by atoms with E-state index in [0.29, 0.717) is 36.1 Å². The molecule has 0 bridgehead atoms. The number of carbonyl (C=O) groups excluding carboxylic acids is 2. The Morgan fingerprint density at radius 3 is 3.05 bits per heavy atom. The van der Waals surface area contributed by atoms with Crippen LogP contribution in [0.1, 0.15) is 30.6 Å². The number of hydrogen-bond acceptors (Lipinski definition) is 4. The summed E-state index contributed by atoms with van der Waals surface area (Å²) in [5, 5.41) is 5.66. The molecule has 2 N–H and O–H groups in total. The summed E-state index contributed by atoms with van der Waals surface area (Å²) >= 11 is 1.49. The van der Waals surface area contributed by atoms with Crippen LogP contribution in [0.25, 0.3) is 0 Å². The van der Waals surface area contributed by atoms with Gasteiger partial charge in [0.05, 0.1) is 11.4 Å². The van der Waals surface area contributed by atoms with Gasteiger partial charge >= 0.3 is 0 Å². The fourth-order valence-electron chi connectivity index (χ4n) is 2.02. The van der Waals surface area contributed by atoms with Crippen LogP contribution in [0.15, 0.2) is 23.1 Å². The number of anilines is 1. The molecule has 0 fully saturated rings. The van der Waals surface area contributed by atoms with Gasteiger partial charge in [0.1, 0.15) is 0 Å². The molecule has 0 saturated heterocycles. The average molecular weight is 322 g/mol. The van der Waals surface area contributed by atoms with Gasteiger partial charge in [-0.05, 0) is 30.5 Å². The zero-order valence-electron chi connectivity index (χ0n) is 13.0. The maximum absolute atomic E-state index is 12.1. The van der Waals surface area contributed by atoms with Gasteiger partial charge in [-0.2, -0.15) is 0 Å². The van der Waals surface area contributed by atoms with E-state index in [0.717, 1.165) is 17.9 Å². The maximum Gasteiger partial charge on any atom is 0.251 e. The molecule has 5 nitrogen and oxygen atoms in total. The molecule has 2 amide bonds. The Hall–Kier alpha value is -1.53. The van der Waals surface area contributed by atoms with Gasteiger partial charge in [-0.3, -0.25) is 9.59 Å². The van der Waals surface area contributed by atoms with Crippen molar-refractivity contribution in [2.45, 2.75) is 25.2 Å². The predicted molar refractivity (Wildman–Crippen MR) is 88.4 cm³/mol. The van der Waals surface area contributed by atoms with Gasteiger partial charge in [-0.25, -0.2) is 0 Å². The van der Waals surface area contributed by atoms with Crippen molar-refractivity contribution >= 4 is 29.3 Å². The Bertz CT molecular complexity index is 546. The van der Waals surface area contributed by atoms with Crippen LogP contribution in [0.2, 0.25) is 0 Å². The molecular weight excluding hydrogens is 300 g/mol. The quantitative estimate of drug-likeness (QED) is 0.757. The lowest BCUT2D eigenvalue weighted by Crippen LogP contribution is -2.26. The number of thioether (sulfide) groups is 1. The van der Waals surface area contributed by atoms with Crippen molar-refractivity contribution in [2.24, 2.45) is 5.92 Å². The molecule has 120 valence electrons. The second kappa shape index (κ2) is 8.19. The van der Waals surface area contributed by atoms with Gasteiger partial charge in [0.15, 0.2) is 0 Å². The van der Waals surface area contributed by atoms with Crippen molar-refractivity contribution in [3.05, 3.63) is 23.8 Å². The van der Waals surface area contributed by atoms with E-state index < -0.39 is 0 Å². The van der Waals surface area contributed by atoms with E-state index in [1.807, 2.05) is 6.07 Å². The number of rotatable bonds is 7. The Morgan fingerprint density at radius 1 is 1.45 bits per heavy atom. The molecule has 0 saturated carbocycles. The molecule has 0 aliphatic carbocycles. The van der Waals surface area contributed by atoms with E-state index in [9.17, 15) is 9.59 Å². The molecular formula is C16H22N2O3S. The van der Waals surface area contributed by atoms with Crippen molar-refractivity contribution in [3.63, 3.8) is 0 Å². The van der Waals surface area contributed by atoms with E-state index in [2.05, 4.69) is 24.5 Å². The highest BCUT2D eigenvalue weighted by Crippen LogP contribution is 2.31. The van der Waals surface area contributed by atoms with Gasteiger partial charge in [-0.1, -0.05) is 13.8 Å². The number of ether oxygens (including phenoxy) is 1. The molecule has 1 aromatic carbocycles. The first kappa shape index (κ1) is 16.8. The normalized spacial score (nSPS) is 13.7. The summed E-state index contributed by atoms with van der Waals surface area (Å²) in [6, 6.07) is 5.39. The van der Waals surface area contributed by atoms with E-state index in [1.54, 1.807) is 12.1 Å². The minimum Gasteiger partial charge on any atom is -0.381 e. The first-order valence-electron chi connectivity index (χ1n) is 7.49. The van der Waals surface area contributed by atoms with Crippen molar-refractivity contribution < 1.29 is 14.3 Å². The van der Waals surface area contributed by atoms with Crippen LogP contribution in [0.3, 0.4) is 0 Å². The van der Waals surface area contributed by atoms with Crippen LogP contribution >= 0.6 is 11.8 Å². The number of amides is 2. The molecule has 0 unspecified atom stereocenters. The second-order valence-corrected chi connectivity index (χ2v) is 6.64. The van der Waals surface area contributed by atoms with Crippen LogP contribution < -0.4 is 10.6 Å². The summed E-state index contributed by atoms with van der Waals surface area (Å²) in [5.41, 5.74) is 1.28. The first-order valence-corrected chi connectivity index (χ1v) is 8.47. The fraction of sp³-hybridized carbons (Fsp3) is 0.500. The van der Waals surface area contributed by atoms with Crippen molar-refractivity contribution in [1.29, 1.82) is 0 Å². The standard InChI is InChI=1S/C16H22N2O3S/c1-11(2)9-21-7-3-6-17-16(20)12-4-5-14-13(8-12)18-15(19)10-22-14/h4-5,8,11H,3,6-7,9-10H2,1-2H3,(H,17,20)(H,18,19). The number of nitrogens with one attached hydrogen (secondary N) is 2. The largest absolute Gasteiger partial charge is 0.381 e. The van der Waals surface area contributed by atoms with E-state index in [4.69, 9.17) is 4.74 Å². The lowest BCUT2D eigenvalue weighted by atomic mass is 10.2. The summed E-state index contributed by atoms with van der Waals surface area (Å²) in [6.45, 7) is 6.18. The first-order chi connectivity index (χ1) is 10.6. The van der Waals surface area contributed by atoms with E-state index >= 15 is 0 Å². The minimum atomic E-state index is -0.128. The highest BCUT2D eigenvalue weighted by atomic mass is 32.2. The molecule has 1 heterocycles. The van der Waals surface area contributed by atoms with Gasteiger partial charge < -0.3 is 15.4 Å². The molecule has 0 radical (unpaired) electrons. The molecule has 6 heteroatoms. The number of carbonyl (C=O) groups is 2. The van der Waals surface area contributed by atoms with Crippen LogP contribution in [-0.2, 0) is 9.53 Å². The Labute approximate surface area is 135 Å². The van der Waals surface area contributed by atoms with Crippen LogP contribution in [0.5, 0.6) is 0 Å². The van der Waals surface area contributed by atoms with Gasteiger partial charge in [-0.15, -0.1) is 11.8 Å². The lowest BCUT2D eigenvalue weighted by molar-refractivity contribution is -0.113. The number of hydrogen-bond donors (Lipinski definition) is 2. The van der Waals surface area contributed by atoms with E-state index in [1.165, 1.54) is 11.8 Å². The summed E-state index contributed by atoms with van der Waals surface area (Å²) in [7, 11) is 0. The third-order valence-corrected chi connectivity index (χ3v) is 4.15. The number of benzene rings is 1. The van der Waals surface area contributed by atoms with Gasteiger partial charge in [0.25, 0.3) is 5.91 Å². The maximum atomic E-state index is 12.1. The summed E-state index contributed by atoms with van der Waals surface area (Å²) in [5.74, 6) is 0.793. The molecule has 22 heavy (non-hydrogen) atoms. The monoisotopic (exact) mass is 322 g/mol. The zero-order chi connectivity index (χ0) is 15.9. The highest BCUT2D eigenvalue weighted by molar-refractivity contribution is 8.00. The molecule has 1 aliphatic rings. The SMILES string of the molecule is CC(C)COCCCNC(=O)c1ccc2c(c1)NC(=O)CS2. The average Bonchev–Trinajstić information content (AvgIpc) is 2.49. The predicted octanol–water partition coefficient (Wildman–Crippen LogP) is 2.52.